The van der Waals surface area contributed by atoms with Crippen LogP contribution in [0.25, 0.3) is 0 Å². The van der Waals surface area contributed by atoms with Crippen molar-refractivity contribution >= 4 is 5.69 Å². The van der Waals surface area contributed by atoms with E-state index in [0.717, 1.165) is 18.7 Å². The van der Waals surface area contributed by atoms with Gasteiger partial charge in [-0.2, -0.15) is 0 Å². The molecule has 1 aliphatic heterocycles. The Bertz CT molecular complexity index is 803. The summed E-state index contributed by atoms with van der Waals surface area (Å²) in [7, 11) is 1.39. The van der Waals surface area contributed by atoms with Gasteiger partial charge in [-0.15, -0.1) is 0 Å². The topological polar surface area (TPSA) is 67.9 Å². The zero-order valence-corrected chi connectivity index (χ0v) is 16.0. The van der Waals surface area contributed by atoms with Crippen LogP contribution in [-0.4, -0.2) is 38.3 Å². The number of nitrogens with zero attached hydrogens (tertiary/aromatic N) is 1. The molecule has 0 aliphatic carbocycles. The summed E-state index contributed by atoms with van der Waals surface area (Å²) in [5.41, 5.74) is 0.495. The van der Waals surface area contributed by atoms with Crippen LogP contribution in [0.1, 0.15) is 37.7 Å². The summed E-state index contributed by atoms with van der Waals surface area (Å²) in [4.78, 5) is 25.2. The van der Waals surface area contributed by atoms with Crippen molar-refractivity contribution in [3.63, 3.8) is 0 Å². The quantitative estimate of drug-likeness (QED) is 0.539. The molecule has 1 N–H and O–H groups in total. The second-order valence-electron chi connectivity index (χ2n) is 7.03. The molecule has 3 rings (SSSR count). The van der Waals surface area contributed by atoms with Crippen LogP contribution in [-0.2, 0) is 6.54 Å². The van der Waals surface area contributed by atoms with Crippen molar-refractivity contribution in [2.45, 2.75) is 38.6 Å². The maximum Gasteiger partial charge on any atom is 0.271 e. The molecule has 2 aromatic rings. The number of nitrogens with one attached hydrogen (secondary N) is 1. The molecule has 1 aliphatic rings. The Labute approximate surface area is 159 Å². The smallest absolute Gasteiger partial charge is 0.271 e. The molecule has 1 heterocycles. The number of anilines is 1. The summed E-state index contributed by atoms with van der Waals surface area (Å²) in [6.45, 7) is 4.42. The van der Waals surface area contributed by atoms with E-state index in [4.69, 9.17) is 9.47 Å². The standard InChI is InChI=1S/C21H28N2O4/c1-26-21-18(19(24)20(21)25)22-10-7-13-27-17-9-6-8-16(14-17)15-23-11-4-2-3-5-12-23/h6,8-9,14,22H,2-5,7,10-13,15H2,1H3. The Morgan fingerprint density at radius 1 is 1.07 bits per heavy atom. The SMILES string of the molecule is COc1c(NCCCOc2cccc(CN3CCCCCC3)c2)c(=O)c1=O. The van der Waals surface area contributed by atoms with Crippen LogP contribution in [0, 0.1) is 0 Å². The predicted octanol–water partition coefficient (Wildman–Crippen LogP) is 2.55. The number of hydrogen-bond donors (Lipinski definition) is 1. The van der Waals surface area contributed by atoms with Crippen LogP contribution >= 0.6 is 0 Å². The zero-order valence-electron chi connectivity index (χ0n) is 16.0. The molecule has 27 heavy (non-hydrogen) atoms. The highest BCUT2D eigenvalue weighted by atomic mass is 16.5. The molecule has 1 saturated heterocycles. The first kappa shape index (κ1) is 19.4. The third-order valence-corrected chi connectivity index (χ3v) is 4.97. The largest absolute Gasteiger partial charge is 0.494 e. The predicted molar refractivity (Wildman–Crippen MR) is 107 cm³/mol. The Hall–Kier alpha value is -2.34. The molecular weight excluding hydrogens is 344 g/mol. The van der Waals surface area contributed by atoms with Crippen molar-refractivity contribution in [3.8, 4) is 11.5 Å². The number of benzene rings is 1. The lowest BCUT2D eigenvalue weighted by atomic mass is 10.2. The number of rotatable bonds is 9. The van der Waals surface area contributed by atoms with Crippen molar-refractivity contribution in [1.82, 2.24) is 4.90 Å². The van der Waals surface area contributed by atoms with E-state index in [0.29, 0.717) is 13.2 Å². The van der Waals surface area contributed by atoms with Crippen LogP contribution in [0.3, 0.4) is 0 Å². The minimum Gasteiger partial charge on any atom is -0.494 e. The minimum atomic E-state index is -0.558. The van der Waals surface area contributed by atoms with E-state index in [1.54, 1.807) is 0 Å². The highest BCUT2D eigenvalue weighted by Crippen LogP contribution is 2.18. The monoisotopic (exact) mass is 372 g/mol. The van der Waals surface area contributed by atoms with E-state index in [1.807, 2.05) is 12.1 Å². The summed E-state index contributed by atoms with van der Waals surface area (Å²) in [5.74, 6) is 0.996. The van der Waals surface area contributed by atoms with Crippen molar-refractivity contribution in [3.05, 3.63) is 50.3 Å². The van der Waals surface area contributed by atoms with E-state index >= 15 is 0 Å². The van der Waals surface area contributed by atoms with Crippen LogP contribution in [0.4, 0.5) is 5.69 Å². The Balaban J connectivity index is 1.41. The van der Waals surface area contributed by atoms with Crippen molar-refractivity contribution in [1.29, 1.82) is 0 Å². The van der Waals surface area contributed by atoms with Gasteiger partial charge in [-0.1, -0.05) is 25.0 Å². The van der Waals surface area contributed by atoms with E-state index in [2.05, 4.69) is 22.3 Å². The molecule has 0 bridgehead atoms. The maximum atomic E-state index is 11.5. The Kier molecular flexibility index (Phi) is 6.87. The fourth-order valence-corrected chi connectivity index (χ4v) is 3.49. The number of hydrogen-bond acceptors (Lipinski definition) is 6. The lowest BCUT2D eigenvalue weighted by Gasteiger charge is -2.20. The lowest BCUT2D eigenvalue weighted by Crippen LogP contribution is -2.35. The van der Waals surface area contributed by atoms with Gasteiger partial charge in [0.1, 0.15) is 11.4 Å². The molecule has 0 radical (unpaired) electrons. The Morgan fingerprint density at radius 2 is 1.85 bits per heavy atom. The van der Waals surface area contributed by atoms with Gasteiger partial charge in [0.25, 0.3) is 10.9 Å². The van der Waals surface area contributed by atoms with Gasteiger partial charge in [0, 0.05) is 13.1 Å². The normalized spacial score (nSPS) is 15.4. The summed E-state index contributed by atoms with van der Waals surface area (Å²) < 4.78 is 10.7. The van der Waals surface area contributed by atoms with Crippen LogP contribution in [0.5, 0.6) is 11.5 Å². The number of methoxy groups -OCH3 is 1. The molecule has 6 heteroatoms. The molecule has 6 nitrogen and oxygen atoms in total. The van der Waals surface area contributed by atoms with E-state index in [9.17, 15) is 9.59 Å². The van der Waals surface area contributed by atoms with Crippen LogP contribution < -0.4 is 25.6 Å². The van der Waals surface area contributed by atoms with E-state index in [-0.39, 0.29) is 11.4 Å². The molecule has 0 atom stereocenters. The first-order chi connectivity index (χ1) is 13.2. The highest BCUT2D eigenvalue weighted by Gasteiger charge is 2.20. The van der Waals surface area contributed by atoms with Crippen LogP contribution in [0.2, 0.25) is 0 Å². The maximum absolute atomic E-state index is 11.5. The lowest BCUT2D eigenvalue weighted by molar-refractivity contribution is 0.275. The van der Waals surface area contributed by atoms with Gasteiger partial charge in [-0.3, -0.25) is 14.5 Å². The highest BCUT2D eigenvalue weighted by molar-refractivity contribution is 5.61. The van der Waals surface area contributed by atoms with Gasteiger partial charge < -0.3 is 14.8 Å². The molecule has 1 fully saturated rings. The molecule has 146 valence electrons. The fraction of sp³-hybridized carbons (Fsp3) is 0.524. The third-order valence-electron chi connectivity index (χ3n) is 4.97. The molecule has 0 aromatic heterocycles. The first-order valence-corrected chi connectivity index (χ1v) is 9.74. The van der Waals surface area contributed by atoms with Gasteiger partial charge in [-0.25, -0.2) is 0 Å². The summed E-state index contributed by atoms with van der Waals surface area (Å²) in [6, 6.07) is 8.27. The minimum absolute atomic E-state index is 0.127. The summed E-state index contributed by atoms with van der Waals surface area (Å²) in [6.07, 6.45) is 5.99. The average molecular weight is 372 g/mol. The van der Waals surface area contributed by atoms with Crippen molar-refractivity contribution < 1.29 is 9.47 Å². The number of likely N-dealkylation sites (tertiary alicyclic amines) is 1. The Morgan fingerprint density at radius 3 is 2.59 bits per heavy atom. The zero-order chi connectivity index (χ0) is 19.1. The third kappa shape index (κ3) is 5.10. The van der Waals surface area contributed by atoms with Gasteiger partial charge in [-0.05, 0) is 50.0 Å². The molecule has 0 unspecified atom stereocenters. The van der Waals surface area contributed by atoms with Gasteiger partial charge in [0.2, 0.25) is 0 Å². The van der Waals surface area contributed by atoms with E-state index < -0.39 is 10.9 Å². The van der Waals surface area contributed by atoms with Crippen molar-refractivity contribution in [2.24, 2.45) is 0 Å². The van der Waals surface area contributed by atoms with E-state index in [1.165, 1.54) is 51.4 Å². The van der Waals surface area contributed by atoms with Gasteiger partial charge in [0.15, 0.2) is 5.75 Å². The molecule has 0 saturated carbocycles. The fourth-order valence-electron chi connectivity index (χ4n) is 3.49. The second-order valence-corrected chi connectivity index (χ2v) is 7.03. The molecule has 0 spiro atoms. The number of ether oxygens (including phenoxy) is 2. The second kappa shape index (κ2) is 9.55. The van der Waals surface area contributed by atoms with Crippen molar-refractivity contribution in [2.75, 3.05) is 38.7 Å². The molecular formula is C21H28N2O4. The molecule has 0 amide bonds. The summed E-state index contributed by atoms with van der Waals surface area (Å²) in [5, 5.41) is 2.96. The molecule has 2 aromatic carbocycles. The first-order valence-electron chi connectivity index (χ1n) is 9.74. The average Bonchev–Trinajstić information content (AvgIpc) is 2.95. The van der Waals surface area contributed by atoms with Crippen LogP contribution in [0.15, 0.2) is 33.9 Å². The summed E-state index contributed by atoms with van der Waals surface area (Å²) >= 11 is 0. The van der Waals surface area contributed by atoms with Gasteiger partial charge >= 0.3 is 0 Å². The van der Waals surface area contributed by atoms with Gasteiger partial charge in [0.05, 0.1) is 13.7 Å².